The highest BCUT2D eigenvalue weighted by Gasteiger charge is 2.16. The van der Waals surface area contributed by atoms with Gasteiger partial charge in [-0.15, -0.1) is 10.2 Å². The van der Waals surface area contributed by atoms with E-state index in [9.17, 15) is 18.0 Å². The third-order valence-electron chi connectivity index (χ3n) is 3.05. The molecule has 1 heterocycles. The zero-order valence-corrected chi connectivity index (χ0v) is 17.4. The molecule has 1 aromatic heterocycles. The molecule has 0 saturated heterocycles. The van der Waals surface area contributed by atoms with Gasteiger partial charge in [-0.3, -0.25) is 9.59 Å². The lowest BCUT2D eigenvalue weighted by Gasteiger charge is -2.07. The van der Waals surface area contributed by atoms with Gasteiger partial charge >= 0.3 is 0 Å². The van der Waals surface area contributed by atoms with E-state index < -0.39 is 20.3 Å². The molecular formula is C14H26N6O7S2. The molecule has 0 bridgehead atoms. The molecule has 0 aliphatic heterocycles. The van der Waals surface area contributed by atoms with Crippen molar-refractivity contribution in [1.82, 2.24) is 15.5 Å². The molecule has 0 saturated carbocycles. The Morgan fingerprint density at radius 1 is 0.931 bits per heavy atom. The number of amides is 2. The molecule has 13 nitrogen and oxygen atoms in total. The number of nitrogens with two attached hydrogens (primary N) is 2. The number of hydrogen-bond donors (Lipinski definition) is 4. The van der Waals surface area contributed by atoms with Crippen molar-refractivity contribution >= 4 is 38.3 Å². The van der Waals surface area contributed by atoms with E-state index in [1.165, 1.54) is 0 Å². The lowest BCUT2D eigenvalue weighted by Crippen LogP contribution is -2.28. The van der Waals surface area contributed by atoms with Gasteiger partial charge in [-0.1, -0.05) is 11.3 Å². The van der Waals surface area contributed by atoms with Gasteiger partial charge in [0.1, 0.15) is 0 Å². The van der Waals surface area contributed by atoms with Crippen LogP contribution in [0.5, 0.6) is 0 Å². The van der Waals surface area contributed by atoms with Crippen LogP contribution in [0.3, 0.4) is 0 Å². The Bertz CT molecular complexity index is 728. The number of anilines is 1. The van der Waals surface area contributed by atoms with Crippen molar-refractivity contribution in [3.8, 4) is 0 Å². The summed E-state index contributed by atoms with van der Waals surface area (Å²) in [6.45, 7) is 3.33. The Morgan fingerprint density at radius 2 is 1.52 bits per heavy atom. The first-order chi connectivity index (χ1) is 13.8. The summed E-state index contributed by atoms with van der Waals surface area (Å²) in [5.41, 5.74) is 5.28. The van der Waals surface area contributed by atoms with Crippen molar-refractivity contribution in [1.29, 1.82) is 0 Å². The Morgan fingerprint density at radius 3 is 2.10 bits per heavy atom. The van der Waals surface area contributed by atoms with Crippen molar-refractivity contribution in [3.63, 3.8) is 0 Å². The van der Waals surface area contributed by atoms with E-state index in [1.54, 1.807) is 0 Å². The quantitative estimate of drug-likeness (QED) is 0.160. The molecule has 15 heteroatoms. The molecule has 0 aliphatic carbocycles. The predicted octanol–water partition coefficient (Wildman–Crippen LogP) is -1.97. The van der Waals surface area contributed by atoms with E-state index >= 15 is 0 Å². The summed E-state index contributed by atoms with van der Waals surface area (Å²) in [6.07, 6.45) is -0.143. The maximum absolute atomic E-state index is 11.7. The average Bonchev–Trinajstić information content (AvgIpc) is 3.13. The van der Waals surface area contributed by atoms with Crippen LogP contribution in [0.25, 0.3) is 0 Å². The number of rotatable bonds is 16. The molecule has 166 valence electrons. The minimum atomic E-state index is -3.97. The first-order valence-corrected chi connectivity index (χ1v) is 11.1. The number of hydrogen-bond acceptors (Lipinski definition) is 11. The first-order valence-electron chi connectivity index (χ1n) is 8.69. The molecule has 0 aromatic carbocycles. The van der Waals surface area contributed by atoms with Gasteiger partial charge in [0, 0.05) is 25.9 Å². The predicted molar refractivity (Wildman–Crippen MR) is 104 cm³/mol. The zero-order chi connectivity index (χ0) is 21.5. The van der Waals surface area contributed by atoms with Crippen LogP contribution >= 0.6 is 11.3 Å². The van der Waals surface area contributed by atoms with E-state index in [0.717, 1.165) is 0 Å². The second-order valence-electron chi connectivity index (χ2n) is 5.44. The molecule has 0 spiro atoms. The number of carbonyl (C=O) groups excluding carboxylic acids is 2. The number of primary sulfonamides is 1. The number of sulfonamides is 1. The van der Waals surface area contributed by atoms with Gasteiger partial charge in [-0.25, -0.2) is 13.6 Å². The molecule has 0 radical (unpaired) electrons. The van der Waals surface area contributed by atoms with E-state index in [2.05, 4.69) is 20.8 Å². The Balaban J connectivity index is 2.02. The van der Waals surface area contributed by atoms with Gasteiger partial charge in [-0.2, -0.15) is 0 Å². The lowest BCUT2D eigenvalue weighted by molar-refractivity contribution is -0.124. The summed E-state index contributed by atoms with van der Waals surface area (Å²) in [6, 6.07) is 0. The van der Waals surface area contributed by atoms with Crippen LogP contribution in [-0.2, 0) is 33.8 Å². The maximum Gasteiger partial charge on any atom is 0.267 e. The van der Waals surface area contributed by atoms with Crippen LogP contribution in [0.1, 0.15) is 12.8 Å². The van der Waals surface area contributed by atoms with Crippen molar-refractivity contribution in [2.24, 2.45) is 10.9 Å². The highest BCUT2D eigenvalue weighted by molar-refractivity contribution is 7.91. The fraction of sp³-hybridized carbons (Fsp3) is 0.714. The van der Waals surface area contributed by atoms with Gasteiger partial charge in [0.15, 0.2) is 0 Å². The smallest absolute Gasteiger partial charge is 0.267 e. The third kappa shape index (κ3) is 12.4. The number of carbonyl (C=O) groups is 2. The lowest BCUT2D eigenvalue weighted by atomic mass is 10.3. The summed E-state index contributed by atoms with van der Waals surface area (Å²) < 4.78 is 37.5. The molecule has 6 N–H and O–H groups in total. The van der Waals surface area contributed by atoms with E-state index in [-0.39, 0.29) is 23.9 Å². The van der Waals surface area contributed by atoms with Crippen molar-refractivity contribution < 1.29 is 32.2 Å². The molecular weight excluding hydrogens is 428 g/mol. The molecule has 0 aliphatic rings. The normalized spacial score (nSPS) is 11.4. The topological polar surface area (TPSA) is 198 Å². The number of nitrogens with one attached hydrogen (secondary N) is 2. The fourth-order valence-corrected chi connectivity index (χ4v) is 3.11. The van der Waals surface area contributed by atoms with E-state index in [1.807, 2.05) is 0 Å². The van der Waals surface area contributed by atoms with E-state index in [0.29, 0.717) is 64.1 Å². The van der Waals surface area contributed by atoms with Gasteiger partial charge < -0.3 is 30.6 Å². The zero-order valence-electron chi connectivity index (χ0n) is 15.8. The highest BCUT2D eigenvalue weighted by atomic mass is 32.2. The molecule has 2 amide bonds. The second kappa shape index (κ2) is 14.3. The van der Waals surface area contributed by atoms with Crippen LogP contribution < -0.4 is 21.5 Å². The third-order valence-corrected chi connectivity index (χ3v) is 5.20. The molecule has 1 rings (SSSR count). The molecule has 0 atom stereocenters. The van der Waals surface area contributed by atoms with Gasteiger partial charge in [-0.05, 0) is 0 Å². The van der Waals surface area contributed by atoms with Crippen LogP contribution in [0.4, 0.5) is 5.13 Å². The Hall–Kier alpha value is -1.75. The molecule has 1 aromatic rings. The Kier molecular flexibility index (Phi) is 12.4. The summed E-state index contributed by atoms with van der Waals surface area (Å²) in [5, 5.41) is 16.7. The number of aromatic nitrogens is 2. The molecule has 0 fully saturated rings. The second-order valence-corrected chi connectivity index (χ2v) is 8.15. The van der Waals surface area contributed by atoms with Crippen LogP contribution in [0.15, 0.2) is 4.34 Å². The van der Waals surface area contributed by atoms with E-state index in [4.69, 9.17) is 25.1 Å². The van der Waals surface area contributed by atoms with Crippen LogP contribution in [-0.4, -0.2) is 83.2 Å². The summed E-state index contributed by atoms with van der Waals surface area (Å²) >= 11 is 0.626. The fourth-order valence-electron chi connectivity index (χ4n) is 1.76. The van der Waals surface area contributed by atoms with Crippen molar-refractivity contribution in [2.75, 3.05) is 58.0 Å². The minimum absolute atomic E-state index is 0.0130. The largest absolute Gasteiger partial charge is 0.378 e. The summed E-state index contributed by atoms with van der Waals surface area (Å²) in [7, 11) is -3.97. The van der Waals surface area contributed by atoms with Crippen LogP contribution in [0, 0.1) is 0 Å². The van der Waals surface area contributed by atoms with Crippen molar-refractivity contribution in [3.05, 3.63) is 0 Å². The van der Waals surface area contributed by atoms with Gasteiger partial charge in [0.05, 0.1) is 39.6 Å². The highest BCUT2D eigenvalue weighted by Crippen LogP contribution is 2.18. The van der Waals surface area contributed by atoms with Gasteiger partial charge in [0.25, 0.3) is 10.0 Å². The number of nitrogens with zero attached hydrogens (tertiary/aromatic N) is 2. The first kappa shape index (κ1) is 25.3. The molecule has 0 unspecified atom stereocenters. The number of ether oxygens (including phenoxy) is 3. The summed E-state index contributed by atoms with van der Waals surface area (Å²) in [4.78, 5) is 23.4. The van der Waals surface area contributed by atoms with Crippen LogP contribution in [0.2, 0.25) is 0 Å². The average molecular weight is 455 g/mol. The standard InChI is InChI=1S/C14H26N6O7S2/c15-3-5-25-7-9-27-10-8-26-6-4-17-11(21)1-2-12(22)18-13-19-20-14(28-13)29(16,23)24/h1-10,15H2,(H,17,21)(H2,16,23,24)(H,18,19,22). The summed E-state index contributed by atoms with van der Waals surface area (Å²) in [5.74, 6) is -0.819. The minimum Gasteiger partial charge on any atom is -0.378 e. The monoisotopic (exact) mass is 454 g/mol. The molecule has 29 heavy (non-hydrogen) atoms. The van der Waals surface area contributed by atoms with Crippen molar-refractivity contribution in [2.45, 2.75) is 17.2 Å². The maximum atomic E-state index is 11.7. The Labute approximate surface area is 172 Å². The SMILES string of the molecule is NCCOCCOCCOCCNC(=O)CCC(=O)Nc1nnc(S(N)(=O)=O)s1. The van der Waals surface area contributed by atoms with Gasteiger partial charge in [0.2, 0.25) is 21.3 Å².